The number of nitrogens with zero attached hydrogens (tertiary/aromatic N) is 3. The molecular formula is C24H21F2N3O2. The molecule has 5 aliphatic rings. The van der Waals surface area contributed by atoms with E-state index in [0.717, 1.165) is 36.6 Å². The first kappa shape index (κ1) is 18.7. The van der Waals surface area contributed by atoms with Gasteiger partial charge in [-0.25, -0.2) is 13.8 Å². The number of fused-ring (bicyclic) bond motifs is 1. The van der Waals surface area contributed by atoms with Gasteiger partial charge >= 0.3 is 0 Å². The van der Waals surface area contributed by atoms with Gasteiger partial charge in [-0.3, -0.25) is 9.59 Å². The molecule has 7 heteroatoms. The van der Waals surface area contributed by atoms with Crippen LogP contribution in [0.4, 0.5) is 14.5 Å². The van der Waals surface area contributed by atoms with E-state index in [2.05, 4.69) is 5.10 Å². The average molecular weight is 421 g/mol. The Morgan fingerprint density at radius 2 is 1.81 bits per heavy atom. The summed E-state index contributed by atoms with van der Waals surface area (Å²) in [5, 5.41) is 5.65. The Labute approximate surface area is 178 Å². The van der Waals surface area contributed by atoms with Crippen LogP contribution in [0.1, 0.15) is 42.9 Å². The van der Waals surface area contributed by atoms with Gasteiger partial charge in [0.2, 0.25) is 11.8 Å². The van der Waals surface area contributed by atoms with Crippen molar-refractivity contribution >= 4 is 23.7 Å². The third-order valence-electron chi connectivity index (χ3n) is 7.32. The fourth-order valence-corrected chi connectivity index (χ4v) is 6.11. The highest BCUT2D eigenvalue weighted by atomic mass is 19.1. The second-order valence-corrected chi connectivity index (χ2v) is 9.50. The van der Waals surface area contributed by atoms with Crippen molar-refractivity contribution in [3.63, 3.8) is 0 Å². The summed E-state index contributed by atoms with van der Waals surface area (Å²) in [6.45, 7) is 0.639. The first-order chi connectivity index (χ1) is 14.9. The van der Waals surface area contributed by atoms with Crippen LogP contribution in [-0.4, -0.2) is 29.6 Å². The minimum atomic E-state index is -0.658. The summed E-state index contributed by atoms with van der Waals surface area (Å²) in [4.78, 5) is 27.7. The predicted molar refractivity (Wildman–Crippen MR) is 110 cm³/mol. The molecule has 0 spiro atoms. The van der Waals surface area contributed by atoms with Gasteiger partial charge < -0.3 is 4.90 Å². The van der Waals surface area contributed by atoms with Crippen LogP contribution in [0.5, 0.6) is 0 Å². The first-order valence-corrected chi connectivity index (χ1v) is 10.6. The summed E-state index contributed by atoms with van der Waals surface area (Å²) >= 11 is 0. The summed E-state index contributed by atoms with van der Waals surface area (Å²) in [6, 6.07) is 10.7. The van der Waals surface area contributed by atoms with Crippen molar-refractivity contribution in [2.75, 3.05) is 11.4 Å². The highest BCUT2D eigenvalue weighted by Gasteiger charge is 2.73. The maximum Gasteiger partial charge on any atom is 0.249 e. The van der Waals surface area contributed by atoms with E-state index in [1.165, 1.54) is 17.1 Å². The van der Waals surface area contributed by atoms with Crippen molar-refractivity contribution in [1.29, 1.82) is 0 Å². The van der Waals surface area contributed by atoms with Crippen LogP contribution in [0.25, 0.3) is 0 Å². The third-order valence-corrected chi connectivity index (χ3v) is 7.32. The van der Waals surface area contributed by atoms with E-state index >= 15 is 0 Å². The molecule has 3 fully saturated rings. The molecule has 7 rings (SSSR count). The van der Waals surface area contributed by atoms with Gasteiger partial charge in [0, 0.05) is 30.9 Å². The number of benzene rings is 2. The lowest BCUT2D eigenvalue weighted by Crippen LogP contribution is -2.70. The molecule has 0 N–H and O–H groups in total. The van der Waals surface area contributed by atoms with Crippen LogP contribution < -0.4 is 4.90 Å². The summed E-state index contributed by atoms with van der Waals surface area (Å²) in [6.07, 6.45) is 4.68. The molecule has 0 saturated heterocycles. The topological polar surface area (TPSA) is 53.0 Å². The van der Waals surface area contributed by atoms with Crippen molar-refractivity contribution in [2.45, 2.75) is 38.1 Å². The van der Waals surface area contributed by atoms with Crippen LogP contribution in [0.2, 0.25) is 0 Å². The Balaban J connectivity index is 1.16. The van der Waals surface area contributed by atoms with E-state index < -0.39 is 23.1 Å². The van der Waals surface area contributed by atoms with E-state index in [1.807, 2.05) is 29.2 Å². The number of anilines is 1. The van der Waals surface area contributed by atoms with E-state index in [4.69, 9.17) is 0 Å². The number of amides is 2. The monoisotopic (exact) mass is 421 g/mol. The molecule has 1 atom stereocenters. The number of halogens is 2. The molecule has 3 aliphatic carbocycles. The summed E-state index contributed by atoms with van der Waals surface area (Å²) in [5.41, 5.74) is 1.97. The molecule has 2 aliphatic heterocycles. The zero-order chi connectivity index (χ0) is 21.4. The van der Waals surface area contributed by atoms with Crippen molar-refractivity contribution in [3.05, 3.63) is 65.2 Å². The molecule has 2 aromatic carbocycles. The number of rotatable bonds is 4. The Morgan fingerprint density at radius 1 is 1.10 bits per heavy atom. The molecule has 5 nitrogen and oxygen atoms in total. The molecule has 2 aromatic rings. The van der Waals surface area contributed by atoms with E-state index in [1.54, 1.807) is 6.21 Å². The van der Waals surface area contributed by atoms with Gasteiger partial charge in [0.05, 0.1) is 17.9 Å². The highest BCUT2D eigenvalue weighted by Crippen LogP contribution is 2.74. The van der Waals surface area contributed by atoms with E-state index in [9.17, 15) is 18.4 Å². The second kappa shape index (κ2) is 6.22. The maximum absolute atomic E-state index is 13.7. The lowest BCUT2D eigenvalue weighted by Gasteiger charge is -2.70. The molecule has 31 heavy (non-hydrogen) atoms. The number of hydrogen-bond donors (Lipinski definition) is 0. The number of carbonyl (C=O) groups is 2. The molecule has 3 saturated carbocycles. The van der Waals surface area contributed by atoms with Crippen molar-refractivity contribution in [1.82, 2.24) is 5.01 Å². The smallest absolute Gasteiger partial charge is 0.249 e. The van der Waals surface area contributed by atoms with Crippen molar-refractivity contribution < 1.29 is 18.4 Å². The van der Waals surface area contributed by atoms with Crippen LogP contribution in [0.3, 0.4) is 0 Å². The van der Waals surface area contributed by atoms with Crippen LogP contribution in [-0.2, 0) is 16.0 Å². The van der Waals surface area contributed by atoms with Gasteiger partial charge in [0.25, 0.3) is 0 Å². The quantitative estimate of drug-likeness (QED) is 0.750. The van der Waals surface area contributed by atoms with Gasteiger partial charge in [0.15, 0.2) is 0 Å². The minimum Gasteiger partial charge on any atom is -0.311 e. The van der Waals surface area contributed by atoms with Gasteiger partial charge in [-0.05, 0) is 54.0 Å². The summed E-state index contributed by atoms with van der Waals surface area (Å²) in [7, 11) is 0. The van der Waals surface area contributed by atoms with E-state index in [0.29, 0.717) is 24.9 Å². The first-order valence-electron chi connectivity index (χ1n) is 10.6. The average Bonchev–Trinajstić information content (AvgIpc) is 3.27. The SMILES string of the molecule is O=C1Cc2ccccc2N1CC12CC(C(=O)N3N=CCC3c3cc(F)cc(F)c3)(C1)C2. The van der Waals surface area contributed by atoms with Gasteiger partial charge in [-0.2, -0.15) is 5.10 Å². The lowest BCUT2D eigenvalue weighted by molar-refractivity contribution is -0.214. The third kappa shape index (κ3) is 2.68. The number of carbonyl (C=O) groups excluding carboxylic acids is 2. The van der Waals surface area contributed by atoms with Crippen molar-refractivity contribution in [3.8, 4) is 0 Å². The van der Waals surface area contributed by atoms with Gasteiger partial charge in [-0.15, -0.1) is 0 Å². The Hall–Kier alpha value is -3.09. The van der Waals surface area contributed by atoms with Gasteiger partial charge in [0.1, 0.15) is 11.6 Å². The van der Waals surface area contributed by atoms with Crippen LogP contribution in [0.15, 0.2) is 47.6 Å². The molecule has 158 valence electrons. The van der Waals surface area contributed by atoms with Crippen molar-refractivity contribution in [2.24, 2.45) is 15.9 Å². The normalized spacial score (nSPS) is 30.3. The largest absolute Gasteiger partial charge is 0.311 e. The maximum atomic E-state index is 13.7. The molecular weight excluding hydrogens is 400 g/mol. The lowest BCUT2D eigenvalue weighted by atomic mass is 9.34. The number of hydrazone groups is 1. The standard InChI is InChI=1S/C24H21F2N3O2/c25-17-7-16(8-18(26)10-17)20-5-6-27-29(20)22(31)24-11-23(12-24,13-24)14-28-19-4-2-1-3-15(19)9-21(28)30/h1-4,6-8,10,20H,5,9,11-14H2. The van der Waals surface area contributed by atoms with Crippen LogP contribution in [0, 0.1) is 22.5 Å². The Morgan fingerprint density at radius 3 is 2.55 bits per heavy atom. The molecule has 0 radical (unpaired) electrons. The molecule has 1 unspecified atom stereocenters. The zero-order valence-corrected chi connectivity index (χ0v) is 16.9. The van der Waals surface area contributed by atoms with E-state index in [-0.39, 0.29) is 17.2 Å². The zero-order valence-electron chi connectivity index (χ0n) is 16.9. The fraction of sp³-hybridized carbons (Fsp3) is 0.375. The number of para-hydroxylation sites is 1. The summed E-state index contributed by atoms with van der Waals surface area (Å²) in [5.74, 6) is -1.28. The predicted octanol–water partition coefficient (Wildman–Crippen LogP) is 3.98. The molecule has 2 amide bonds. The summed E-state index contributed by atoms with van der Waals surface area (Å²) < 4.78 is 27.4. The molecule has 2 bridgehead atoms. The minimum absolute atomic E-state index is 0.0212. The van der Waals surface area contributed by atoms with Gasteiger partial charge in [-0.1, -0.05) is 18.2 Å². The fourth-order valence-electron chi connectivity index (χ4n) is 6.11. The molecule has 0 aromatic heterocycles. The Bertz CT molecular complexity index is 1120. The Kier molecular flexibility index (Phi) is 3.74. The number of hydrogen-bond acceptors (Lipinski definition) is 3. The van der Waals surface area contributed by atoms with Crippen LogP contribution >= 0.6 is 0 Å². The second-order valence-electron chi connectivity index (χ2n) is 9.50. The highest BCUT2D eigenvalue weighted by molar-refractivity contribution is 6.01. The molecule has 2 heterocycles.